The Kier molecular flexibility index (Phi) is 5.81. The molecule has 1 aromatic heterocycles. The van der Waals surface area contributed by atoms with E-state index >= 15 is 0 Å². The lowest BCUT2D eigenvalue weighted by molar-refractivity contribution is 1.17. The van der Waals surface area contributed by atoms with Gasteiger partial charge in [0.1, 0.15) is 6.07 Å². The van der Waals surface area contributed by atoms with Gasteiger partial charge in [0.2, 0.25) is 0 Å². The van der Waals surface area contributed by atoms with Crippen LogP contribution < -0.4 is 9.80 Å². The molecule has 0 bridgehead atoms. The fourth-order valence-corrected chi connectivity index (χ4v) is 5.57. The topological polar surface area (TPSA) is 43.2 Å². The lowest BCUT2D eigenvalue weighted by Crippen LogP contribution is -2.24. The van der Waals surface area contributed by atoms with Crippen LogP contribution in [0, 0.1) is 11.3 Å². The molecule has 0 N–H and O–H groups in total. The normalized spacial score (nSPS) is 11.9. The molecule has 188 valence electrons. The van der Waals surface area contributed by atoms with Crippen LogP contribution in [-0.4, -0.2) is 4.98 Å². The van der Waals surface area contributed by atoms with Crippen molar-refractivity contribution in [2.24, 2.45) is 0 Å². The van der Waals surface area contributed by atoms with E-state index in [2.05, 4.69) is 136 Å². The number of pyridine rings is 1. The van der Waals surface area contributed by atoms with Gasteiger partial charge < -0.3 is 9.80 Å². The van der Waals surface area contributed by atoms with Crippen molar-refractivity contribution in [1.82, 2.24) is 4.98 Å². The first-order valence-electron chi connectivity index (χ1n) is 13.2. The highest BCUT2D eigenvalue weighted by Crippen LogP contribution is 2.55. The summed E-state index contributed by atoms with van der Waals surface area (Å²) < 4.78 is 0. The molecule has 1 aliphatic rings. The van der Waals surface area contributed by atoms with Gasteiger partial charge in [0.05, 0.1) is 34.0 Å². The summed E-state index contributed by atoms with van der Waals surface area (Å²) in [6, 6.07) is 48.6. The Morgan fingerprint density at radius 3 is 1.60 bits per heavy atom. The van der Waals surface area contributed by atoms with Crippen molar-refractivity contribution in [1.29, 1.82) is 5.26 Å². The minimum atomic E-state index is 0.542. The molecule has 0 fully saturated rings. The van der Waals surface area contributed by atoms with E-state index in [9.17, 15) is 5.26 Å². The number of hydrogen-bond acceptors (Lipinski definition) is 4. The third-order valence-electron chi connectivity index (χ3n) is 7.28. The fraction of sp³-hybridized carbons (Fsp3) is 0. The van der Waals surface area contributed by atoms with E-state index in [1.54, 1.807) is 6.20 Å². The van der Waals surface area contributed by atoms with Crippen molar-refractivity contribution < 1.29 is 0 Å². The monoisotopic (exact) mass is 512 g/mol. The van der Waals surface area contributed by atoms with Gasteiger partial charge in [-0.1, -0.05) is 84.9 Å². The van der Waals surface area contributed by atoms with Crippen LogP contribution in [0.2, 0.25) is 0 Å². The quantitative estimate of drug-likeness (QED) is 0.235. The van der Waals surface area contributed by atoms with E-state index in [4.69, 9.17) is 0 Å². The van der Waals surface area contributed by atoms with Gasteiger partial charge in [-0.2, -0.15) is 5.26 Å². The molecule has 7 rings (SSSR count). The van der Waals surface area contributed by atoms with E-state index < -0.39 is 0 Å². The lowest BCUT2D eigenvalue weighted by atomic mass is 9.93. The zero-order valence-electron chi connectivity index (χ0n) is 21.6. The third kappa shape index (κ3) is 3.89. The number of nitriles is 1. The second kappa shape index (κ2) is 9.90. The molecular weight excluding hydrogens is 488 g/mol. The largest absolute Gasteiger partial charge is 0.306 e. The van der Waals surface area contributed by atoms with Crippen LogP contribution in [0.5, 0.6) is 0 Å². The summed E-state index contributed by atoms with van der Waals surface area (Å²) in [4.78, 5) is 9.03. The van der Waals surface area contributed by atoms with E-state index in [1.807, 2.05) is 24.4 Å². The van der Waals surface area contributed by atoms with Crippen molar-refractivity contribution in [3.63, 3.8) is 0 Å². The Balaban J connectivity index is 1.46. The summed E-state index contributed by atoms with van der Waals surface area (Å²) in [5.41, 5.74) is 11.3. The van der Waals surface area contributed by atoms with Crippen LogP contribution in [0.15, 0.2) is 146 Å². The average Bonchev–Trinajstić information content (AvgIpc) is 3.04. The second-order valence-corrected chi connectivity index (χ2v) is 9.62. The number of hydrogen-bond donors (Lipinski definition) is 0. The molecule has 4 nitrogen and oxygen atoms in total. The minimum absolute atomic E-state index is 0.542. The zero-order chi connectivity index (χ0) is 26.9. The predicted molar refractivity (Wildman–Crippen MR) is 163 cm³/mol. The minimum Gasteiger partial charge on any atom is -0.306 e. The van der Waals surface area contributed by atoms with Gasteiger partial charge in [-0.15, -0.1) is 0 Å². The fourth-order valence-electron chi connectivity index (χ4n) is 5.57. The molecule has 0 amide bonds. The van der Waals surface area contributed by atoms with Crippen LogP contribution in [0.25, 0.3) is 22.3 Å². The molecule has 0 saturated carbocycles. The molecule has 40 heavy (non-hydrogen) atoms. The van der Waals surface area contributed by atoms with Crippen LogP contribution >= 0.6 is 0 Å². The van der Waals surface area contributed by atoms with Crippen LogP contribution in [0.1, 0.15) is 5.56 Å². The summed E-state index contributed by atoms with van der Waals surface area (Å²) in [6.07, 6.45) is 3.42. The third-order valence-corrected chi connectivity index (χ3v) is 7.28. The van der Waals surface area contributed by atoms with Gasteiger partial charge in [-0.25, -0.2) is 0 Å². The first-order chi connectivity index (χ1) is 19.8. The van der Waals surface area contributed by atoms with Gasteiger partial charge >= 0.3 is 0 Å². The van der Waals surface area contributed by atoms with Gasteiger partial charge in [-0.3, -0.25) is 4.98 Å². The highest BCUT2D eigenvalue weighted by molar-refractivity contribution is 6.04. The number of fused-ring (bicyclic) bond motifs is 2. The Morgan fingerprint density at radius 1 is 0.475 bits per heavy atom. The van der Waals surface area contributed by atoms with E-state index in [0.29, 0.717) is 5.56 Å². The highest BCUT2D eigenvalue weighted by Gasteiger charge is 2.31. The van der Waals surface area contributed by atoms with Crippen molar-refractivity contribution in [3.05, 3.63) is 151 Å². The number of anilines is 6. The standard InChI is InChI=1S/C36H24N4/c37-23-26-22-27(25-38-24-26)29-14-4-5-15-30(29)31-16-6-7-17-32(31)40-35-20-10-8-18-33(35)39(28-12-2-1-3-13-28)34-19-9-11-21-36(34)40/h1-22,24-25H. The average molecular weight is 513 g/mol. The summed E-state index contributed by atoms with van der Waals surface area (Å²) >= 11 is 0. The second-order valence-electron chi connectivity index (χ2n) is 9.62. The summed E-state index contributed by atoms with van der Waals surface area (Å²) in [6.45, 7) is 0. The number of aromatic nitrogens is 1. The van der Waals surface area contributed by atoms with Gasteiger partial charge in [0.15, 0.2) is 0 Å². The van der Waals surface area contributed by atoms with Gasteiger partial charge in [-0.05, 0) is 59.7 Å². The molecule has 0 radical (unpaired) electrons. The molecule has 2 heterocycles. The van der Waals surface area contributed by atoms with E-state index in [0.717, 1.165) is 56.4 Å². The molecule has 0 unspecified atom stereocenters. The van der Waals surface area contributed by atoms with E-state index in [1.165, 1.54) is 0 Å². The molecular formula is C36H24N4. The molecule has 0 aliphatic carbocycles. The molecule has 5 aromatic carbocycles. The van der Waals surface area contributed by atoms with E-state index in [-0.39, 0.29) is 0 Å². The molecule has 0 spiro atoms. The maximum Gasteiger partial charge on any atom is 0.101 e. The Hall–Kier alpha value is -5.66. The summed E-state index contributed by atoms with van der Waals surface area (Å²) in [5.74, 6) is 0. The number of rotatable bonds is 4. The van der Waals surface area contributed by atoms with Crippen molar-refractivity contribution in [2.45, 2.75) is 0 Å². The van der Waals surface area contributed by atoms with Gasteiger partial charge in [0, 0.05) is 29.2 Å². The van der Waals surface area contributed by atoms with Crippen LogP contribution in [0.4, 0.5) is 34.1 Å². The maximum absolute atomic E-state index is 9.50. The van der Waals surface area contributed by atoms with Crippen molar-refractivity contribution >= 4 is 34.1 Å². The highest BCUT2D eigenvalue weighted by atomic mass is 15.3. The number of benzene rings is 5. The first-order valence-corrected chi connectivity index (χ1v) is 13.2. The molecule has 4 heteroatoms. The number of nitrogens with zero attached hydrogens (tertiary/aromatic N) is 4. The van der Waals surface area contributed by atoms with Gasteiger partial charge in [0.25, 0.3) is 0 Å². The summed E-state index contributed by atoms with van der Waals surface area (Å²) in [5, 5.41) is 9.50. The Bertz CT molecular complexity index is 1840. The Morgan fingerprint density at radius 2 is 0.975 bits per heavy atom. The zero-order valence-corrected chi connectivity index (χ0v) is 21.6. The summed E-state index contributed by atoms with van der Waals surface area (Å²) in [7, 11) is 0. The molecule has 6 aromatic rings. The Labute approximate surface area is 233 Å². The lowest BCUT2D eigenvalue weighted by Gasteiger charge is -2.41. The van der Waals surface area contributed by atoms with Crippen LogP contribution in [0.3, 0.4) is 0 Å². The van der Waals surface area contributed by atoms with Crippen LogP contribution in [-0.2, 0) is 0 Å². The molecule has 1 aliphatic heterocycles. The SMILES string of the molecule is N#Cc1cncc(-c2ccccc2-c2ccccc2N2c3ccccc3N(c3ccccc3)c3ccccc32)c1. The van der Waals surface area contributed by atoms with Crippen molar-refractivity contribution in [3.8, 4) is 28.3 Å². The number of para-hydroxylation sites is 6. The smallest absolute Gasteiger partial charge is 0.101 e. The molecule has 0 atom stereocenters. The van der Waals surface area contributed by atoms with Crippen molar-refractivity contribution in [2.75, 3.05) is 9.80 Å². The predicted octanol–water partition coefficient (Wildman–Crippen LogP) is 9.54. The first kappa shape index (κ1) is 23.5. The molecule has 0 saturated heterocycles. The maximum atomic E-state index is 9.50.